The van der Waals surface area contributed by atoms with Gasteiger partial charge in [-0.2, -0.15) is 0 Å². The van der Waals surface area contributed by atoms with Gasteiger partial charge in [-0.25, -0.2) is 4.98 Å². The van der Waals surface area contributed by atoms with Gasteiger partial charge in [-0.15, -0.1) is 0 Å². The zero-order valence-electron chi connectivity index (χ0n) is 21.2. The van der Waals surface area contributed by atoms with Gasteiger partial charge in [0, 0.05) is 43.4 Å². The van der Waals surface area contributed by atoms with Crippen molar-refractivity contribution in [3.63, 3.8) is 0 Å². The van der Waals surface area contributed by atoms with E-state index in [1.165, 1.54) is 17.3 Å². The predicted octanol–water partition coefficient (Wildman–Crippen LogP) is 4.37. The van der Waals surface area contributed by atoms with E-state index in [4.69, 9.17) is 9.47 Å². The molecule has 1 fully saturated rings. The van der Waals surface area contributed by atoms with Crippen LogP contribution in [0.2, 0.25) is 0 Å². The van der Waals surface area contributed by atoms with Crippen LogP contribution in [0.15, 0.2) is 67.0 Å². The summed E-state index contributed by atoms with van der Waals surface area (Å²) in [7, 11) is 0. The highest BCUT2D eigenvalue weighted by Crippen LogP contribution is 2.42. The molecular weight excluding hydrogens is 472 g/mol. The van der Waals surface area contributed by atoms with Gasteiger partial charge >= 0.3 is 0 Å². The first kappa shape index (κ1) is 25.9. The molecule has 37 heavy (non-hydrogen) atoms. The minimum Gasteiger partial charge on any atom is -0.507 e. The van der Waals surface area contributed by atoms with Crippen LogP contribution in [-0.2, 0) is 16.1 Å². The number of rotatable bonds is 12. The van der Waals surface area contributed by atoms with E-state index >= 15 is 0 Å². The van der Waals surface area contributed by atoms with Gasteiger partial charge in [0.25, 0.3) is 11.7 Å². The highest BCUT2D eigenvalue weighted by molar-refractivity contribution is 6.46. The second-order valence-electron chi connectivity index (χ2n) is 8.72. The first-order valence-electron chi connectivity index (χ1n) is 12.6. The summed E-state index contributed by atoms with van der Waals surface area (Å²) in [6.07, 6.45) is 10.8. The number of Topliss-reactive ketones (excluding diaryl/α,β-unsaturated/α-hetero) is 1. The van der Waals surface area contributed by atoms with E-state index < -0.39 is 17.7 Å². The van der Waals surface area contributed by atoms with Crippen molar-refractivity contribution in [1.82, 2.24) is 19.4 Å². The van der Waals surface area contributed by atoms with E-state index in [1.807, 2.05) is 23.8 Å². The molecule has 4 rings (SSSR count). The lowest BCUT2D eigenvalue weighted by molar-refractivity contribution is -0.139. The van der Waals surface area contributed by atoms with Crippen LogP contribution < -0.4 is 9.47 Å². The lowest BCUT2D eigenvalue weighted by Gasteiger charge is -2.26. The fourth-order valence-corrected chi connectivity index (χ4v) is 4.37. The van der Waals surface area contributed by atoms with Crippen LogP contribution in [0.25, 0.3) is 5.76 Å². The molecular formula is C28H32N4O5. The normalized spacial score (nSPS) is 16.8. The number of hydrogen-bond acceptors (Lipinski definition) is 7. The van der Waals surface area contributed by atoms with E-state index in [9.17, 15) is 14.7 Å². The minimum absolute atomic E-state index is 0.0425. The van der Waals surface area contributed by atoms with Gasteiger partial charge in [0.15, 0.2) is 11.5 Å². The summed E-state index contributed by atoms with van der Waals surface area (Å²) in [5, 5.41) is 11.2. The number of aliphatic hydroxyl groups excluding tert-OH is 1. The molecule has 1 unspecified atom stereocenters. The lowest BCUT2D eigenvalue weighted by atomic mass is 9.95. The van der Waals surface area contributed by atoms with Gasteiger partial charge in [-0.3, -0.25) is 14.6 Å². The van der Waals surface area contributed by atoms with Crippen molar-refractivity contribution in [1.29, 1.82) is 0 Å². The van der Waals surface area contributed by atoms with Gasteiger partial charge in [-0.1, -0.05) is 19.4 Å². The molecule has 1 aromatic carbocycles. The standard InChI is InChI=1S/C28H32N4O5/c1-3-5-17-37-22-8-7-21(18-23(22)36-4-2)25-24(26(33)20-9-11-29-12-10-20)27(34)28(35)32(25)15-6-14-31-16-13-30-19-31/h7-13,16,18-19,25,33H,3-6,14-15,17H2,1-2H3. The number of ether oxygens (including phenoxy) is 2. The highest BCUT2D eigenvalue weighted by atomic mass is 16.5. The topological polar surface area (TPSA) is 107 Å². The number of carbonyl (C=O) groups excluding carboxylic acids is 2. The van der Waals surface area contributed by atoms with E-state index in [1.54, 1.807) is 36.8 Å². The Hall–Kier alpha value is -4.14. The summed E-state index contributed by atoms with van der Waals surface area (Å²) in [5.74, 6) is -0.464. The first-order valence-corrected chi connectivity index (χ1v) is 12.6. The Balaban J connectivity index is 1.73. The van der Waals surface area contributed by atoms with Crippen LogP contribution in [0.4, 0.5) is 0 Å². The number of likely N-dealkylation sites (tertiary alicyclic amines) is 1. The Morgan fingerprint density at radius 2 is 1.78 bits per heavy atom. The summed E-state index contributed by atoms with van der Waals surface area (Å²) in [5.41, 5.74) is 1.12. The van der Waals surface area contributed by atoms with Crippen molar-refractivity contribution < 1.29 is 24.2 Å². The number of imidazole rings is 1. The Kier molecular flexibility index (Phi) is 8.56. The van der Waals surface area contributed by atoms with E-state index in [2.05, 4.69) is 16.9 Å². The molecule has 9 heteroatoms. The number of amides is 1. The summed E-state index contributed by atoms with van der Waals surface area (Å²) < 4.78 is 13.7. The molecule has 0 bridgehead atoms. The molecule has 1 N–H and O–H groups in total. The van der Waals surface area contributed by atoms with Crippen molar-refractivity contribution in [2.75, 3.05) is 19.8 Å². The molecule has 1 atom stereocenters. The summed E-state index contributed by atoms with van der Waals surface area (Å²) in [6, 6.07) is 7.85. The average Bonchev–Trinajstić information content (AvgIpc) is 3.52. The van der Waals surface area contributed by atoms with Gasteiger partial charge in [0.2, 0.25) is 0 Å². The van der Waals surface area contributed by atoms with Crippen LogP contribution >= 0.6 is 0 Å². The third-order valence-electron chi connectivity index (χ3n) is 6.21. The quantitative estimate of drug-likeness (QED) is 0.169. The number of aliphatic hydroxyl groups is 1. The van der Waals surface area contributed by atoms with Crippen LogP contribution in [-0.4, -0.2) is 56.0 Å². The molecule has 0 aliphatic carbocycles. The molecule has 3 aromatic rings. The Labute approximate surface area is 216 Å². The number of aryl methyl sites for hydroxylation is 1. The number of carbonyl (C=O) groups is 2. The molecule has 1 amide bonds. The predicted molar refractivity (Wildman–Crippen MR) is 138 cm³/mol. The molecule has 1 aliphatic heterocycles. The highest BCUT2D eigenvalue weighted by Gasteiger charge is 2.46. The van der Waals surface area contributed by atoms with Gasteiger partial charge < -0.3 is 24.0 Å². The monoisotopic (exact) mass is 504 g/mol. The molecule has 1 aliphatic rings. The van der Waals surface area contributed by atoms with E-state index in [0.29, 0.717) is 55.4 Å². The number of unbranched alkanes of at least 4 members (excludes halogenated alkanes) is 1. The maximum atomic E-state index is 13.3. The number of pyridine rings is 1. The summed E-state index contributed by atoms with van der Waals surface area (Å²) in [4.78, 5) is 36.0. The van der Waals surface area contributed by atoms with Crippen molar-refractivity contribution in [2.24, 2.45) is 0 Å². The smallest absolute Gasteiger partial charge is 0.295 e. The number of benzene rings is 1. The van der Waals surface area contributed by atoms with Crippen LogP contribution in [0.5, 0.6) is 11.5 Å². The number of aromatic nitrogens is 3. The zero-order valence-corrected chi connectivity index (χ0v) is 21.2. The van der Waals surface area contributed by atoms with E-state index in [0.717, 1.165) is 12.8 Å². The Morgan fingerprint density at radius 3 is 2.49 bits per heavy atom. The third-order valence-corrected chi connectivity index (χ3v) is 6.21. The molecule has 1 saturated heterocycles. The van der Waals surface area contributed by atoms with E-state index in [-0.39, 0.29) is 11.3 Å². The average molecular weight is 505 g/mol. The minimum atomic E-state index is -0.778. The zero-order chi connectivity index (χ0) is 26.2. The van der Waals surface area contributed by atoms with Crippen molar-refractivity contribution in [2.45, 2.75) is 45.7 Å². The van der Waals surface area contributed by atoms with Crippen molar-refractivity contribution in [3.05, 3.63) is 78.1 Å². The van der Waals surface area contributed by atoms with Crippen LogP contribution in [0, 0.1) is 0 Å². The number of nitrogens with zero attached hydrogens (tertiary/aromatic N) is 4. The number of ketones is 1. The first-order chi connectivity index (χ1) is 18.0. The van der Waals surface area contributed by atoms with Gasteiger partial charge in [0.1, 0.15) is 5.76 Å². The maximum absolute atomic E-state index is 13.3. The van der Waals surface area contributed by atoms with Gasteiger partial charge in [0.05, 0.1) is 31.2 Å². The molecule has 0 saturated carbocycles. The fourth-order valence-electron chi connectivity index (χ4n) is 4.37. The lowest BCUT2D eigenvalue weighted by Crippen LogP contribution is -2.31. The second-order valence-corrected chi connectivity index (χ2v) is 8.72. The summed E-state index contributed by atoms with van der Waals surface area (Å²) in [6.45, 7) is 5.91. The Bertz CT molecular complexity index is 1240. The third kappa shape index (κ3) is 5.82. The number of hydrogen-bond donors (Lipinski definition) is 1. The summed E-state index contributed by atoms with van der Waals surface area (Å²) >= 11 is 0. The largest absolute Gasteiger partial charge is 0.507 e. The van der Waals surface area contributed by atoms with Crippen molar-refractivity contribution in [3.8, 4) is 11.5 Å². The van der Waals surface area contributed by atoms with Crippen LogP contribution in [0.1, 0.15) is 50.3 Å². The molecule has 3 heterocycles. The van der Waals surface area contributed by atoms with Crippen LogP contribution in [0.3, 0.4) is 0 Å². The SMILES string of the molecule is CCCCOc1ccc(C2C(=C(O)c3ccncc3)C(=O)C(=O)N2CCCn2ccnc2)cc1OCC. The molecule has 0 spiro atoms. The van der Waals surface area contributed by atoms with Crippen molar-refractivity contribution >= 4 is 17.4 Å². The molecule has 2 aromatic heterocycles. The maximum Gasteiger partial charge on any atom is 0.295 e. The molecule has 9 nitrogen and oxygen atoms in total. The fraction of sp³-hybridized carbons (Fsp3) is 0.357. The Morgan fingerprint density at radius 1 is 0.973 bits per heavy atom. The molecule has 194 valence electrons. The molecule has 0 radical (unpaired) electrons. The van der Waals surface area contributed by atoms with Gasteiger partial charge in [-0.05, 0) is 49.6 Å². The second kappa shape index (κ2) is 12.2.